The van der Waals surface area contributed by atoms with Crippen molar-refractivity contribution in [2.45, 2.75) is 62.9 Å². The summed E-state index contributed by atoms with van der Waals surface area (Å²) in [6.45, 7) is 0.886. The first-order valence-corrected chi connectivity index (χ1v) is 12.6. The van der Waals surface area contributed by atoms with E-state index in [-0.39, 0.29) is 42.9 Å². The van der Waals surface area contributed by atoms with Gasteiger partial charge in [-0.2, -0.15) is 0 Å². The van der Waals surface area contributed by atoms with Crippen LogP contribution in [0.25, 0.3) is 11.1 Å². The van der Waals surface area contributed by atoms with Gasteiger partial charge in [-0.3, -0.25) is 9.59 Å². The van der Waals surface area contributed by atoms with Gasteiger partial charge in [-0.25, -0.2) is 4.79 Å². The van der Waals surface area contributed by atoms with Crippen LogP contribution in [0.5, 0.6) is 0 Å². The number of nitrogens with one attached hydrogen (secondary N) is 1. The number of carbonyl (C=O) groups excluding carboxylic acids is 2. The smallest absolute Gasteiger partial charge is 0.407 e. The summed E-state index contributed by atoms with van der Waals surface area (Å²) in [5.74, 6) is -1.01. The lowest BCUT2D eigenvalue weighted by molar-refractivity contribution is -0.142. The number of aliphatic carboxylic acids is 1. The maximum Gasteiger partial charge on any atom is 0.407 e. The van der Waals surface area contributed by atoms with E-state index < -0.39 is 12.1 Å². The second-order valence-electron chi connectivity index (χ2n) is 9.96. The standard InChI is InChI=1S/C28H32N2O5/c31-26(32)16-20-9-6-14-30(20)27(33)18-7-5-8-19(15-18)29-28(34)35-17-25-23-12-3-1-10-21(23)22-11-2-4-13-24(22)25/h1-4,10-13,18-20,25H,5-9,14-17H2,(H,29,34)(H,31,32)/t18-,19+,20-/m1/s1. The number of carboxylic acid groups (broad SMARTS) is 1. The Kier molecular flexibility index (Phi) is 6.75. The van der Waals surface area contributed by atoms with E-state index in [4.69, 9.17) is 9.84 Å². The summed E-state index contributed by atoms with van der Waals surface area (Å²) in [7, 11) is 0. The molecule has 2 aliphatic carbocycles. The molecule has 1 saturated carbocycles. The highest BCUT2D eigenvalue weighted by molar-refractivity contribution is 5.81. The molecular formula is C28H32N2O5. The molecule has 1 heterocycles. The molecule has 5 rings (SSSR count). The fourth-order valence-electron chi connectivity index (χ4n) is 6.13. The Bertz CT molecular complexity index is 1070. The number of benzene rings is 2. The highest BCUT2D eigenvalue weighted by atomic mass is 16.5. The molecule has 2 amide bonds. The quantitative estimate of drug-likeness (QED) is 0.638. The van der Waals surface area contributed by atoms with E-state index >= 15 is 0 Å². The van der Waals surface area contributed by atoms with E-state index in [0.717, 1.165) is 32.1 Å². The summed E-state index contributed by atoms with van der Waals surface area (Å²) in [6, 6.07) is 16.1. The molecule has 0 spiro atoms. The average molecular weight is 477 g/mol. The van der Waals surface area contributed by atoms with E-state index in [0.29, 0.717) is 13.0 Å². The zero-order valence-electron chi connectivity index (χ0n) is 19.8. The SMILES string of the molecule is O=C(O)C[C@H]1CCCN1C(=O)[C@@H]1CCC[C@H](NC(=O)OCC2c3ccccc3-c3ccccc32)C1. The number of hydrogen-bond acceptors (Lipinski definition) is 4. The maximum atomic E-state index is 13.1. The monoisotopic (exact) mass is 476 g/mol. The number of carbonyl (C=O) groups is 3. The third-order valence-corrected chi connectivity index (χ3v) is 7.76. The van der Waals surface area contributed by atoms with Crippen molar-refractivity contribution in [2.24, 2.45) is 5.92 Å². The minimum Gasteiger partial charge on any atom is -0.481 e. The van der Waals surface area contributed by atoms with Crippen LogP contribution in [0.3, 0.4) is 0 Å². The number of rotatable bonds is 6. The molecule has 0 radical (unpaired) electrons. The first-order valence-electron chi connectivity index (χ1n) is 12.6. The van der Waals surface area contributed by atoms with Crippen molar-refractivity contribution in [3.8, 4) is 11.1 Å². The number of fused-ring (bicyclic) bond motifs is 3. The Hall–Kier alpha value is -3.35. The minimum absolute atomic E-state index is 0.000111. The predicted octanol–water partition coefficient (Wildman–Crippen LogP) is 4.55. The maximum absolute atomic E-state index is 13.1. The Balaban J connectivity index is 1.17. The third-order valence-electron chi connectivity index (χ3n) is 7.76. The average Bonchev–Trinajstić information content (AvgIpc) is 3.44. The van der Waals surface area contributed by atoms with E-state index in [1.165, 1.54) is 22.3 Å². The molecule has 0 bridgehead atoms. The number of alkyl carbamates (subject to hydrolysis) is 1. The lowest BCUT2D eigenvalue weighted by Crippen LogP contribution is -2.45. The van der Waals surface area contributed by atoms with Gasteiger partial charge in [0.1, 0.15) is 6.61 Å². The van der Waals surface area contributed by atoms with Crippen LogP contribution in [0.1, 0.15) is 62.0 Å². The van der Waals surface area contributed by atoms with Gasteiger partial charge in [-0.1, -0.05) is 55.0 Å². The number of ether oxygens (including phenoxy) is 1. The fourth-order valence-corrected chi connectivity index (χ4v) is 6.13. The third kappa shape index (κ3) is 4.90. The lowest BCUT2D eigenvalue weighted by atomic mass is 9.84. The molecule has 35 heavy (non-hydrogen) atoms. The van der Waals surface area contributed by atoms with Crippen molar-refractivity contribution >= 4 is 18.0 Å². The van der Waals surface area contributed by atoms with Gasteiger partial charge in [0.25, 0.3) is 0 Å². The second kappa shape index (κ2) is 10.1. The van der Waals surface area contributed by atoms with Gasteiger partial charge >= 0.3 is 12.1 Å². The molecule has 3 atom stereocenters. The van der Waals surface area contributed by atoms with E-state index in [1.54, 1.807) is 4.90 Å². The molecule has 1 saturated heterocycles. The normalized spacial score (nSPS) is 23.4. The van der Waals surface area contributed by atoms with Crippen molar-refractivity contribution < 1.29 is 24.2 Å². The molecule has 7 heteroatoms. The molecule has 2 aromatic rings. The molecule has 2 fully saturated rings. The van der Waals surface area contributed by atoms with Crippen molar-refractivity contribution in [3.63, 3.8) is 0 Å². The van der Waals surface area contributed by atoms with Crippen LogP contribution in [0.2, 0.25) is 0 Å². The Morgan fingerprint density at radius 1 is 0.943 bits per heavy atom. The molecule has 1 aliphatic heterocycles. The zero-order valence-corrected chi connectivity index (χ0v) is 19.8. The van der Waals surface area contributed by atoms with Crippen LogP contribution in [0.4, 0.5) is 4.79 Å². The molecule has 184 valence electrons. The highest BCUT2D eigenvalue weighted by Gasteiger charge is 2.37. The van der Waals surface area contributed by atoms with Gasteiger partial charge in [-0.05, 0) is 54.4 Å². The van der Waals surface area contributed by atoms with Crippen molar-refractivity contribution in [1.29, 1.82) is 0 Å². The van der Waals surface area contributed by atoms with Gasteiger partial charge in [-0.15, -0.1) is 0 Å². The Labute approximate surface area is 205 Å². The Morgan fingerprint density at radius 3 is 2.31 bits per heavy atom. The first-order chi connectivity index (χ1) is 17.0. The highest BCUT2D eigenvalue weighted by Crippen LogP contribution is 2.44. The van der Waals surface area contributed by atoms with E-state index in [1.807, 2.05) is 24.3 Å². The largest absolute Gasteiger partial charge is 0.481 e. The molecule has 2 N–H and O–H groups in total. The van der Waals surface area contributed by atoms with Gasteiger partial charge in [0.05, 0.1) is 6.42 Å². The van der Waals surface area contributed by atoms with Gasteiger partial charge in [0.15, 0.2) is 0 Å². The van der Waals surface area contributed by atoms with Crippen LogP contribution in [0, 0.1) is 5.92 Å². The Morgan fingerprint density at radius 2 is 1.63 bits per heavy atom. The molecule has 0 aromatic heterocycles. The number of amides is 2. The van der Waals surface area contributed by atoms with Gasteiger partial charge in [0.2, 0.25) is 5.91 Å². The van der Waals surface area contributed by atoms with Crippen molar-refractivity contribution in [1.82, 2.24) is 10.2 Å². The van der Waals surface area contributed by atoms with Gasteiger partial charge in [0, 0.05) is 30.5 Å². The lowest BCUT2D eigenvalue weighted by Gasteiger charge is -2.33. The minimum atomic E-state index is -0.867. The van der Waals surface area contributed by atoms with Crippen LogP contribution >= 0.6 is 0 Å². The number of nitrogens with zero attached hydrogens (tertiary/aromatic N) is 1. The van der Waals surface area contributed by atoms with E-state index in [2.05, 4.69) is 29.6 Å². The first kappa shape index (κ1) is 23.4. The summed E-state index contributed by atoms with van der Waals surface area (Å²) in [5, 5.41) is 12.1. The fraction of sp³-hybridized carbons (Fsp3) is 0.464. The summed E-state index contributed by atoms with van der Waals surface area (Å²) < 4.78 is 5.69. The summed E-state index contributed by atoms with van der Waals surface area (Å²) >= 11 is 0. The van der Waals surface area contributed by atoms with Crippen LogP contribution in [0.15, 0.2) is 48.5 Å². The summed E-state index contributed by atoms with van der Waals surface area (Å²) in [5.41, 5.74) is 4.72. The zero-order chi connectivity index (χ0) is 24.4. The molecule has 7 nitrogen and oxygen atoms in total. The summed E-state index contributed by atoms with van der Waals surface area (Å²) in [4.78, 5) is 38.8. The van der Waals surface area contributed by atoms with Crippen molar-refractivity contribution in [2.75, 3.05) is 13.2 Å². The number of likely N-dealkylation sites (tertiary alicyclic amines) is 1. The van der Waals surface area contributed by atoms with Crippen molar-refractivity contribution in [3.05, 3.63) is 59.7 Å². The summed E-state index contributed by atoms with van der Waals surface area (Å²) in [6.07, 6.45) is 4.14. The van der Waals surface area contributed by atoms with E-state index in [9.17, 15) is 14.4 Å². The number of hydrogen-bond donors (Lipinski definition) is 2. The van der Waals surface area contributed by atoms with Gasteiger partial charge < -0.3 is 20.1 Å². The van der Waals surface area contributed by atoms with Crippen LogP contribution in [-0.2, 0) is 14.3 Å². The molecule has 0 unspecified atom stereocenters. The molecule has 3 aliphatic rings. The number of carboxylic acids is 1. The molecule has 2 aromatic carbocycles. The topological polar surface area (TPSA) is 95.9 Å². The van der Waals surface area contributed by atoms with Crippen LogP contribution < -0.4 is 5.32 Å². The molecular weight excluding hydrogens is 444 g/mol. The predicted molar refractivity (Wildman–Crippen MR) is 131 cm³/mol. The van der Waals surface area contributed by atoms with Crippen LogP contribution in [-0.4, -0.2) is 53.2 Å². The second-order valence-corrected chi connectivity index (χ2v) is 9.96.